The third-order valence-electron chi connectivity index (χ3n) is 2.57. The summed E-state index contributed by atoms with van der Waals surface area (Å²) >= 11 is 4.50. The van der Waals surface area contributed by atoms with E-state index in [2.05, 4.69) is 62.0 Å². The molecule has 0 spiro atoms. The van der Waals surface area contributed by atoms with Gasteiger partial charge in [0.05, 0.1) is 0 Å². The highest BCUT2D eigenvalue weighted by Gasteiger charge is 2.00. The van der Waals surface area contributed by atoms with E-state index in [0.29, 0.717) is 0 Å². The Morgan fingerprint density at radius 2 is 1.67 bits per heavy atom. The maximum atomic E-state index is 4.50. The monoisotopic (exact) mass is 214 g/mol. The van der Waals surface area contributed by atoms with Crippen molar-refractivity contribution in [3.63, 3.8) is 0 Å². The molecule has 15 heavy (non-hydrogen) atoms. The number of hydrogen-bond donors (Lipinski definition) is 1. The number of benzene rings is 2. The molecule has 0 aromatic heterocycles. The van der Waals surface area contributed by atoms with Crippen molar-refractivity contribution in [1.29, 1.82) is 0 Å². The zero-order chi connectivity index (χ0) is 10.7. The first-order valence-corrected chi connectivity index (χ1v) is 5.63. The molecule has 0 aliphatic carbocycles. The van der Waals surface area contributed by atoms with E-state index in [1.807, 2.05) is 6.07 Å². The minimum atomic E-state index is 1.04. The third kappa shape index (κ3) is 2.24. The number of aryl methyl sites for hydroxylation is 1. The van der Waals surface area contributed by atoms with Crippen LogP contribution in [0.3, 0.4) is 0 Å². The molecule has 0 amide bonds. The van der Waals surface area contributed by atoms with Crippen LogP contribution in [0.25, 0.3) is 11.1 Å². The Morgan fingerprint density at radius 1 is 0.933 bits per heavy atom. The average molecular weight is 214 g/mol. The second-order valence-corrected chi connectivity index (χ2v) is 4.04. The van der Waals surface area contributed by atoms with Crippen molar-refractivity contribution in [1.82, 2.24) is 0 Å². The smallest absolute Gasteiger partial charge is 0.00781 e. The van der Waals surface area contributed by atoms with Gasteiger partial charge in [0.1, 0.15) is 0 Å². The van der Waals surface area contributed by atoms with Crippen LogP contribution in [-0.2, 0) is 6.42 Å². The van der Waals surface area contributed by atoms with E-state index in [4.69, 9.17) is 0 Å². The molecule has 0 heterocycles. The molecule has 2 rings (SSSR count). The Bertz CT molecular complexity index is 446. The van der Waals surface area contributed by atoms with E-state index in [1.54, 1.807) is 0 Å². The van der Waals surface area contributed by atoms with Crippen molar-refractivity contribution >= 4 is 12.6 Å². The second kappa shape index (κ2) is 4.54. The molecule has 2 aromatic rings. The summed E-state index contributed by atoms with van der Waals surface area (Å²) in [4.78, 5) is 1.08. The number of rotatable bonds is 2. The van der Waals surface area contributed by atoms with E-state index < -0.39 is 0 Å². The lowest BCUT2D eigenvalue weighted by molar-refractivity contribution is 1.09. The fourth-order valence-electron chi connectivity index (χ4n) is 1.67. The van der Waals surface area contributed by atoms with Crippen LogP contribution in [0.15, 0.2) is 53.4 Å². The van der Waals surface area contributed by atoms with Gasteiger partial charge in [0.25, 0.3) is 0 Å². The van der Waals surface area contributed by atoms with Gasteiger partial charge in [-0.2, -0.15) is 0 Å². The fraction of sp³-hybridized carbons (Fsp3) is 0.143. The van der Waals surface area contributed by atoms with Crippen molar-refractivity contribution in [2.75, 3.05) is 0 Å². The standard InChI is InChI=1S/C14H14S/c1-2-11-8-9-13(10-14(11)15)12-6-4-3-5-7-12/h3-10,15H,2H2,1H3. The first kappa shape index (κ1) is 10.3. The quantitative estimate of drug-likeness (QED) is 0.711. The summed E-state index contributed by atoms with van der Waals surface area (Å²) in [5.41, 5.74) is 3.78. The van der Waals surface area contributed by atoms with Crippen molar-refractivity contribution < 1.29 is 0 Å². The molecule has 2 aromatic carbocycles. The highest BCUT2D eigenvalue weighted by atomic mass is 32.1. The SMILES string of the molecule is CCc1ccc(-c2ccccc2)cc1S. The van der Waals surface area contributed by atoms with Crippen LogP contribution in [0.5, 0.6) is 0 Å². The van der Waals surface area contributed by atoms with Gasteiger partial charge in [0, 0.05) is 4.90 Å². The summed E-state index contributed by atoms with van der Waals surface area (Å²) in [6.07, 6.45) is 1.04. The lowest BCUT2D eigenvalue weighted by atomic mass is 10.0. The Kier molecular flexibility index (Phi) is 3.12. The van der Waals surface area contributed by atoms with Crippen molar-refractivity contribution in [2.24, 2.45) is 0 Å². The summed E-state index contributed by atoms with van der Waals surface area (Å²) in [7, 11) is 0. The van der Waals surface area contributed by atoms with Gasteiger partial charge in [-0.1, -0.05) is 49.4 Å². The minimum Gasteiger partial charge on any atom is -0.143 e. The minimum absolute atomic E-state index is 1.04. The molecule has 0 saturated heterocycles. The molecule has 76 valence electrons. The normalized spacial score (nSPS) is 10.3. The van der Waals surface area contributed by atoms with Gasteiger partial charge < -0.3 is 0 Å². The fourth-order valence-corrected chi connectivity index (χ4v) is 2.04. The van der Waals surface area contributed by atoms with Gasteiger partial charge in [-0.15, -0.1) is 12.6 Å². The number of hydrogen-bond acceptors (Lipinski definition) is 1. The summed E-state index contributed by atoms with van der Waals surface area (Å²) in [6, 6.07) is 16.8. The summed E-state index contributed by atoms with van der Waals surface area (Å²) in [5, 5.41) is 0. The lowest BCUT2D eigenvalue weighted by Crippen LogP contribution is -1.84. The van der Waals surface area contributed by atoms with Crippen LogP contribution in [-0.4, -0.2) is 0 Å². The third-order valence-corrected chi connectivity index (χ3v) is 2.99. The molecule has 1 heteroatoms. The zero-order valence-corrected chi connectivity index (χ0v) is 9.67. The topological polar surface area (TPSA) is 0 Å². The molecular formula is C14H14S. The van der Waals surface area contributed by atoms with Gasteiger partial charge in [-0.3, -0.25) is 0 Å². The molecule has 0 saturated carbocycles. The van der Waals surface area contributed by atoms with E-state index in [0.717, 1.165) is 11.3 Å². The molecule has 0 bridgehead atoms. The van der Waals surface area contributed by atoms with Crippen LogP contribution in [0.4, 0.5) is 0 Å². The Hall–Kier alpha value is -1.21. The summed E-state index contributed by atoms with van der Waals surface area (Å²) in [6.45, 7) is 2.15. The highest BCUT2D eigenvalue weighted by Crippen LogP contribution is 2.24. The Balaban J connectivity index is 2.43. The van der Waals surface area contributed by atoms with Crippen LogP contribution >= 0.6 is 12.6 Å². The molecule has 0 radical (unpaired) electrons. The first-order chi connectivity index (χ1) is 7.31. The van der Waals surface area contributed by atoms with Crippen molar-refractivity contribution in [3.8, 4) is 11.1 Å². The molecule has 0 fully saturated rings. The zero-order valence-electron chi connectivity index (χ0n) is 8.77. The summed E-state index contributed by atoms with van der Waals surface area (Å²) in [5.74, 6) is 0. The largest absolute Gasteiger partial charge is 0.143 e. The van der Waals surface area contributed by atoms with Gasteiger partial charge >= 0.3 is 0 Å². The molecule has 0 nitrogen and oxygen atoms in total. The van der Waals surface area contributed by atoms with Crippen LogP contribution in [0.1, 0.15) is 12.5 Å². The molecule has 0 atom stereocenters. The molecule has 0 N–H and O–H groups in total. The van der Waals surface area contributed by atoms with Gasteiger partial charge in [0.15, 0.2) is 0 Å². The molecule has 0 unspecified atom stereocenters. The predicted molar refractivity (Wildman–Crippen MR) is 68.5 cm³/mol. The Morgan fingerprint density at radius 3 is 2.27 bits per heavy atom. The van der Waals surface area contributed by atoms with Crippen molar-refractivity contribution in [3.05, 3.63) is 54.1 Å². The van der Waals surface area contributed by atoms with Crippen LogP contribution in [0.2, 0.25) is 0 Å². The highest BCUT2D eigenvalue weighted by molar-refractivity contribution is 7.80. The van der Waals surface area contributed by atoms with Gasteiger partial charge in [-0.25, -0.2) is 0 Å². The van der Waals surface area contributed by atoms with E-state index in [9.17, 15) is 0 Å². The van der Waals surface area contributed by atoms with Crippen LogP contribution in [0, 0.1) is 0 Å². The average Bonchev–Trinajstić information content (AvgIpc) is 2.30. The van der Waals surface area contributed by atoms with Crippen molar-refractivity contribution in [2.45, 2.75) is 18.2 Å². The predicted octanol–water partition coefficient (Wildman–Crippen LogP) is 4.20. The molecule has 0 aliphatic rings. The maximum absolute atomic E-state index is 4.50. The van der Waals surface area contributed by atoms with E-state index in [1.165, 1.54) is 16.7 Å². The van der Waals surface area contributed by atoms with E-state index >= 15 is 0 Å². The van der Waals surface area contributed by atoms with Gasteiger partial charge in [0.2, 0.25) is 0 Å². The van der Waals surface area contributed by atoms with Gasteiger partial charge in [-0.05, 0) is 29.2 Å². The lowest BCUT2D eigenvalue weighted by Gasteiger charge is -2.06. The Labute approximate surface area is 96.4 Å². The van der Waals surface area contributed by atoms with E-state index in [-0.39, 0.29) is 0 Å². The maximum Gasteiger partial charge on any atom is 0.00781 e. The number of thiol groups is 1. The molecule has 0 aliphatic heterocycles. The first-order valence-electron chi connectivity index (χ1n) is 5.18. The van der Waals surface area contributed by atoms with Crippen LogP contribution < -0.4 is 0 Å². The summed E-state index contributed by atoms with van der Waals surface area (Å²) < 4.78 is 0. The second-order valence-electron chi connectivity index (χ2n) is 3.56. The molecular weight excluding hydrogens is 200 g/mol.